The van der Waals surface area contributed by atoms with E-state index in [9.17, 15) is 0 Å². The lowest BCUT2D eigenvalue weighted by Gasteiger charge is -2.21. The van der Waals surface area contributed by atoms with Crippen LogP contribution in [0.15, 0.2) is 255 Å². The number of fused-ring (bicyclic) bond motifs is 4. The number of rotatable bonds is 7. The number of hydrogen-bond acceptors (Lipinski definition) is 0. The van der Waals surface area contributed by atoms with Gasteiger partial charge in [0.05, 0.1) is 0 Å². The van der Waals surface area contributed by atoms with Crippen molar-refractivity contribution in [3.8, 4) is 77.9 Å². The molecule has 64 heavy (non-hydrogen) atoms. The third-order valence-corrected chi connectivity index (χ3v) is 13.0. The first kappa shape index (κ1) is 37.4. The molecule has 12 rings (SSSR count). The number of benzene rings is 12. The van der Waals surface area contributed by atoms with Crippen molar-refractivity contribution in [3.63, 3.8) is 0 Å². The van der Waals surface area contributed by atoms with Crippen molar-refractivity contribution in [1.29, 1.82) is 0 Å². The van der Waals surface area contributed by atoms with Gasteiger partial charge in [-0.3, -0.25) is 0 Å². The Hall–Kier alpha value is -8.32. The van der Waals surface area contributed by atoms with Crippen LogP contribution in [0.5, 0.6) is 0 Å². The van der Waals surface area contributed by atoms with E-state index in [2.05, 4.69) is 255 Å². The van der Waals surface area contributed by atoms with Crippen molar-refractivity contribution < 1.29 is 0 Å². The Bertz CT molecular complexity index is 3400. The van der Waals surface area contributed by atoms with Crippen LogP contribution < -0.4 is 0 Å². The fourth-order valence-corrected chi connectivity index (χ4v) is 10.1. The van der Waals surface area contributed by atoms with E-state index in [1.807, 2.05) is 0 Å². The summed E-state index contributed by atoms with van der Waals surface area (Å²) in [4.78, 5) is 0. The number of hydrogen-bond donors (Lipinski definition) is 0. The first-order valence-corrected chi connectivity index (χ1v) is 22.2. The average molecular weight is 811 g/mol. The molecule has 0 nitrogen and oxygen atoms in total. The van der Waals surface area contributed by atoms with Crippen molar-refractivity contribution in [2.24, 2.45) is 0 Å². The molecule has 0 saturated carbocycles. The van der Waals surface area contributed by atoms with Crippen LogP contribution in [-0.2, 0) is 0 Å². The fraction of sp³-hybridized carbons (Fsp3) is 0. The molecule has 12 aromatic rings. The Kier molecular flexibility index (Phi) is 9.28. The van der Waals surface area contributed by atoms with Crippen LogP contribution in [0.25, 0.3) is 121 Å². The zero-order chi connectivity index (χ0) is 42.4. The van der Waals surface area contributed by atoms with Gasteiger partial charge >= 0.3 is 0 Å². The monoisotopic (exact) mass is 810 g/mol. The van der Waals surface area contributed by atoms with Crippen molar-refractivity contribution in [3.05, 3.63) is 255 Å². The lowest BCUT2D eigenvalue weighted by Crippen LogP contribution is -1.94. The molecule has 0 spiro atoms. The van der Waals surface area contributed by atoms with Gasteiger partial charge in [0.2, 0.25) is 0 Å². The van der Waals surface area contributed by atoms with Crippen LogP contribution in [0.4, 0.5) is 0 Å². The van der Waals surface area contributed by atoms with Gasteiger partial charge in [-0.25, -0.2) is 0 Å². The van der Waals surface area contributed by atoms with E-state index >= 15 is 0 Å². The maximum atomic E-state index is 2.45. The Morgan fingerprint density at radius 3 is 0.547 bits per heavy atom. The molecule has 0 aliphatic heterocycles. The predicted molar refractivity (Wildman–Crippen MR) is 275 cm³/mol. The zero-order valence-corrected chi connectivity index (χ0v) is 35.2. The highest BCUT2D eigenvalue weighted by Gasteiger charge is 2.21. The van der Waals surface area contributed by atoms with E-state index in [4.69, 9.17) is 0 Å². The van der Waals surface area contributed by atoms with Crippen molar-refractivity contribution in [1.82, 2.24) is 0 Å². The quantitative estimate of drug-likeness (QED) is 0.141. The van der Waals surface area contributed by atoms with E-state index in [1.165, 1.54) is 121 Å². The summed E-state index contributed by atoms with van der Waals surface area (Å²) < 4.78 is 0. The van der Waals surface area contributed by atoms with Gasteiger partial charge in [0.1, 0.15) is 0 Å². The molecule has 0 aliphatic carbocycles. The van der Waals surface area contributed by atoms with E-state index in [0.29, 0.717) is 0 Å². The minimum absolute atomic E-state index is 1.18. The second-order valence-corrected chi connectivity index (χ2v) is 16.7. The topological polar surface area (TPSA) is 0 Å². The van der Waals surface area contributed by atoms with Crippen LogP contribution in [0.1, 0.15) is 0 Å². The molecular weight excluding hydrogens is 769 g/mol. The normalized spacial score (nSPS) is 11.4. The molecule has 0 heteroatoms. The maximum absolute atomic E-state index is 2.45. The molecule has 0 fully saturated rings. The second-order valence-electron chi connectivity index (χ2n) is 16.7. The predicted octanol–water partition coefficient (Wildman–Crippen LogP) is 18.0. The van der Waals surface area contributed by atoms with Gasteiger partial charge in [0.15, 0.2) is 0 Å². The van der Waals surface area contributed by atoms with Crippen molar-refractivity contribution in [2.45, 2.75) is 0 Å². The van der Waals surface area contributed by atoms with Crippen LogP contribution in [0, 0.1) is 0 Å². The van der Waals surface area contributed by atoms with Gasteiger partial charge in [-0.05, 0) is 145 Å². The Balaban J connectivity index is 1.17. The Morgan fingerprint density at radius 1 is 0.125 bits per heavy atom. The molecule has 0 atom stereocenters. The zero-order valence-electron chi connectivity index (χ0n) is 35.2. The largest absolute Gasteiger partial charge is 0.0622 e. The SMILES string of the molecule is c1ccc(-c2ccc3c(-c4ccccc4)c4ccc(-c5ccc6c(-c7ccccc7)c7ccc(-c8ccccc8)cc7c(-c7ccccc7)c6c5)cc4c(-c4ccccc4)c3c2)cc1. The minimum Gasteiger partial charge on any atom is -0.0622 e. The van der Waals surface area contributed by atoms with Crippen LogP contribution >= 0.6 is 0 Å². The third kappa shape index (κ3) is 6.48. The molecule has 0 heterocycles. The van der Waals surface area contributed by atoms with E-state index < -0.39 is 0 Å². The smallest absolute Gasteiger partial charge is 0.00259 e. The van der Waals surface area contributed by atoms with Gasteiger partial charge < -0.3 is 0 Å². The van der Waals surface area contributed by atoms with E-state index in [1.54, 1.807) is 0 Å². The van der Waals surface area contributed by atoms with E-state index in [0.717, 1.165) is 0 Å². The molecule has 298 valence electrons. The van der Waals surface area contributed by atoms with Gasteiger partial charge in [-0.1, -0.05) is 231 Å². The summed E-state index contributed by atoms with van der Waals surface area (Å²) in [5.41, 5.74) is 17.1. The molecule has 0 radical (unpaired) electrons. The molecule has 12 aromatic carbocycles. The molecule has 0 aliphatic rings. The lowest BCUT2D eigenvalue weighted by atomic mass is 9.82. The molecule has 0 saturated heterocycles. The first-order chi connectivity index (χ1) is 31.8. The molecular formula is C64H42. The van der Waals surface area contributed by atoms with Gasteiger partial charge in [0.25, 0.3) is 0 Å². The second kappa shape index (κ2) is 15.9. The Morgan fingerprint density at radius 2 is 0.312 bits per heavy atom. The van der Waals surface area contributed by atoms with Crippen LogP contribution in [0.2, 0.25) is 0 Å². The molecule has 0 unspecified atom stereocenters. The van der Waals surface area contributed by atoms with Gasteiger partial charge in [0, 0.05) is 0 Å². The highest BCUT2D eigenvalue weighted by Crippen LogP contribution is 2.48. The summed E-state index contributed by atoms with van der Waals surface area (Å²) in [5.74, 6) is 0. The molecule has 0 amide bonds. The first-order valence-electron chi connectivity index (χ1n) is 22.2. The minimum atomic E-state index is 1.18. The maximum Gasteiger partial charge on any atom is -0.00259 e. The summed E-state index contributed by atoms with van der Waals surface area (Å²) in [7, 11) is 0. The molecule has 0 N–H and O–H groups in total. The van der Waals surface area contributed by atoms with Crippen LogP contribution in [-0.4, -0.2) is 0 Å². The average Bonchev–Trinajstić information content (AvgIpc) is 3.38. The Labute approximate surface area is 374 Å². The highest BCUT2D eigenvalue weighted by atomic mass is 14.2. The third-order valence-electron chi connectivity index (χ3n) is 13.0. The van der Waals surface area contributed by atoms with E-state index in [-0.39, 0.29) is 0 Å². The summed E-state index contributed by atoms with van der Waals surface area (Å²) in [6, 6.07) is 93.7. The molecule has 0 bridgehead atoms. The van der Waals surface area contributed by atoms with Crippen molar-refractivity contribution >= 4 is 43.1 Å². The fourth-order valence-electron chi connectivity index (χ4n) is 10.1. The van der Waals surface area contributed by atoms with Gasteiger partial charge in [-0.2, -0.15) is 0 Å². The summed E-state index contributed by atoms with van der Waals surface area (Å²) in [6.45, 7) is 0. The summed E-state index contributed by atoms with van der Waals surface area (Å²) >= 11 is 0. The van der Waals surface area contributed by atoms with Crippen LogP contribution in [0.3, 0.4) is 0 Å². The highest BCUT2D eigenvalue weighted by molar-refractivity contribution is 6.24. The van der Waals surface area contributed by atoms with Crippen molar-refractivity contribution in [2.75, 3.05) is 0 Å². The summed E-state index contributed by atoms with van der Waals surface area (Å²) in [6.07, 6.45) is 0. The molecule has 0 aromatic heterocycles. The lowest BCUT2D eigenvalue weighted by molar-refractivity contribution is 1.62. The summed E-state index contributed by atoms with van der Waals surface area (Å²) in [5, 5.41) is 9.94. The van der Waals surface area contributed by atoms with Gasteiger partial charge in [-0.15, -0.1) is 0 Å². The standard InChI is InChI=1S/C64H42/c1-7-19-43(20-8-1)49-31-35-53-57(39-49)63(47-27-15-5-16-28-47)59-41-51(33-37-55(59)61(53)45-23-11-3-12-24-45)52-34-38-56-60(42-52)64(48-29-17-6-18-30-48)58-40-50(44-21-9-2-10-22-44)32-36-54(58)62(56)46-25-13-4-14-26-46/h1-42H.